The number of thioether (sulfide) groups is 1. The van der Waals surface area contributed by atoms with Crippen LogP contribution in [0.4, 0.5) is 37.7 Å². The fourth-order valence-electron chi connectivity index (χ4n) is 5.22. The Morgan fingerprint density at radius 3 is 2.20 bits per heavy atom. The smallest absolute Gasteiger partial charge is 0.325 e. The van der Waals surface area contributed by atoms with E-state index < -0.39 is 69.7 Å². The summed E-state index contributed by atoms with van der Waals surface area (Å²) in [4.78, 5) is 54.7. The number of hydrogen-bond acceptors (Lipinski definition) is 7. The zero-order valence-corrected chi connectivity index (χ0v) is 24.3. The molecular formula is C28H17F6N3O4S3. The number of aromatic nitrogens is 1. The van der Waals surface area contributed by atoms with Gasteiger partial charge in [0.05, 0.1) is 27.8 Å². The van der Waals surface area contributed by atoms with Crippen molar-refractivity contribution in [3.8, 4) is 0 Å². The van der Waals surface area contributed by atoms with E-state index in [9.17, 15) is 45.5 Å². The molecular weight excluding hydrogens is 653 g/mol. The van der Waals surface area contributed by atoms with E-state index in [4.69, 9.17) is 0 Å². The Morgan fingerprint density at radius 1 is 0.864 bits per heavy atom. The normalized spacial score (nSPS) is 20.0. The highest BCUT2D eigenvalue weighted by Crippen LogP contribution is 2.54. The molecule has 2 aliphatic heterocycles. The van der Waals surface area contributed by atoms with Crippen molar-refractivity contribution < 1.29 is 40.7 Å². The highest BCUT2D eigenvalue weighted by Gasteiger charge is 2.57. The van der Waals surface area contributed by atoms with Gasteiger partial charge in [0, 0.05) is 21.4 Å². The van der Waals surface area contributed by atoms with E-state index in [1.165, 1.54) is 23.5 Å². The van der Waals surface area contributed by atoms with E-state index in [0.717, 1.165) is 69.0 Å². The lowest BCUT2D eigenvalue weighted by Crippen LogP contribution is -2.32. The number of benzene rings is 2. The second kappa shape index (κ2) is 10.9. The van der Waals surface area contributed by atoms with Gasteiger partial charge >= 0.3 is 17.2 Å². The minimum atomic E-state index is -4.71. The molecule has 2 aliphatic rings. The van der Waals surface area contributed by atoms with Gasteiger partial charge in [-0.1, -0.05) is 41.3 Å². The first kappa shape index (κ1) is 30.1. The molecule has 2 unspecified atom stereocenters. The zero-order chi connectivity index (χ0) is 31.6. The average molecular weight is 670 g/mol. The SMILES string of the molecule is O=C(Cn1c2c(sc1=O)[C@H](c1cccs1)C1C(=O)N(c3cccc(C(F)(F)F)c3)C(=O)C1S2)Nc1cccc(C(F)(F)F)c1. The van der Waals surface area contributed by atoms with Crippen LogP contribution in [0.5, 0.6) is 0 Å². The number of carbonyl (C=O) groups excluding carboxylic acids is 3. The third kappa shape index (κ3) is 5.34. The summed E-state index contributed by atoms with van der Waals surface area (Å²) in [5, 5.41) is 3.19. The molecule has 44 heavy (non-hydrogen) atoms. The second-order valence-corrected chi connectivity index (χ2v) is 13.0. The molecule has 1 fully saturated rings. The van der Waals surface area contributed by atoms with E-state index in [1.807, 2.05) is 0 Å². The second-order valence-electron chi connectivity index (χ2n) is 9.87. The maximum atomic E-state index is 13.8. The third-order valence-corrected chi connectivity index (χ3v) is 10.7. The van der Waals surface area contributed by atoms with Gasteiger partial charge in [0.15, 0.2) is 0 Å². The summed E-state index contributed by atoms with van der Waals surface area (Å²) in [6.07, 6.45) is -9.35. The highest BCUT2D eigenvalue weighted by atomic mass is 32.2. The first-order valence-corrected chi connectivity index (χ1v) is 15.3. The van der Waals surface area contributed by atoms with Crippen molar-refractivity contribution in [1.82, 2.24) is 4.57 Å². The van der Waals surface area contributed by atoms with Gasteiger partial charge < -0.3 is 5.32 Å². The van der Waals surface area contributed by atoms with Crippen LogP contribution in [0.2, 0.25) is 0 Å². The lowest BCUT2D eigenvalue weighted by molar-refractivity contribution is -0.138. The summed E-state index contributed by atoms with van der Waals surface area (Å²) in [6.45, 7) is -0.595. The number of hydrogen-bond donors (Lipinski definition) is 1. The molecule has 4 heterocycles. The monoisotopic (exact) mass is 669 g/mol. The Morgan fingerprint density at radius 2 is 1.55 bits per heavy atom. The number of nitrogens with one attached hydrogen (secondary N) is 1. The Hall–Kier alpha value is -3.89. The summed E-state index contributed by atoms with van der Waals surface area (Å²) in [6, 6.07) is 11.3. The first-order chi connectivity index (χ1) is 20.7. The van der Waals surface area contributed by atoms with Crippen molar-refractivity contribution in [3.63, 3.8) is 0 Å². The van der Waals surface area contributed by atoms with Crippen LogP contribution in [0.25, 0.3) is 0 Å². The van der Waals surface area contributed by atoms with Gasteiger partial charge in [-0.15, -0.1) is 11.3 Å². The summed E-state index contributed by atoms with van der Waals surface area (Å²) in [5.41, 5.74) is -2.39. The number of carbonyl (C=O) groups is 3. The number of alkyl halides is 6. The molecule has 2 aromatic carbocycles. The molecule has 3 atom stereocenters. The van der Waals surface area contributed by atoms with Crippen molar-refractivity contribution in [1.29, 1.82) is 0 Å². The molecule has 0 spiro atoms. The van der Waals surface area contributed by atoms with Gasteiger partial charge in [-0.05, 0) is 47.8 Å². The Balaban J connectivity index is 1.35. The van der Waals surface area contributed by atoms with Gasteiger partial charge in [0.2, 0.25) is 17.7 Å². The fourth-order valence-corrected chi connectivity index (χ4v) is 8.94. The van der Waals surface area contributed by atoms with Crippen LogP contribution < -0.4 is 15.1 Å². The fraction of sp³-hybridized carbons (Fsp3) is 0.214. The largest absolute Gasteiger partial charge is 0.416 e. The lowest BCUT2D eigenvalue weighted by Gasteiger charge is -2.29. The van der Waals surface area contributed by atoms with Crippen molar-refractivity contribution in [2.45, 2.75) is 35.1 Å². The summed E-state index contributed by atoms with van der Waals surface area (Å²) >= 11 is 2.90. The number of rotatable bonds is 5. The van der Waals surface area contributed by atoms with Crippen LogP contribution in [0.1, 0.15) is 26.8 Å². The van der Waals surface area contributed by atoms with Gasteiger partial charge in [0.1, 0.15) is 11.8 Å². The summed E-state index contributed by atoms with van der Waals surface area (Å²) < 4.78 is 80.7. The van der Waals surface area contributed by atoms with E-state index >= 15 is 0 Å². The molecule has 4 aromatic rings. The number of thiophene rings is 1. The predicted molar refractivity (Wildman–Crippen MR) is 152 cm³/mol. The van der Waals surface area contributed by atoms with Gasteiger partial charge in [0.25, 0.3) is 0 Å². The molecule has 1 saturated heterocycles. The van der Waals surface area contributed by atoms with E-state index in [2.05, 4.69) is 5.32 Å². The van der Waals surface area contributed by atoms with Crippen molar-refractivity contribution in [3.05, 3.63) is 96.6 Å². The van der Waals surface area contributed by atoms with Crippen molar-refractivity contribution in [2.24, 2.45) is 5.92 Å². The molecule has 228 valence electrons. The Kier molecular flexibility index (Phi) is 7.49. The maximum Gasteiger partial charge on any atom is 0.416 e. The highest BCUT2D eigenvalue weighted by molar-refractivity contribution is 8.00. The summed E-state index contributed by atoms with van der Waals surface area (Å²) in [5.74, 6) is -4.13. The van der Waals surface area contributed by atoms with Crippen LogP contribution >= 0.6 is 34.4 Å². The van der Waals surface area contributed by atoms with Gasteiger partial charge in [-0.3, -0.25) is 23.7 Å². The van der Waals surface area contributed by atoms with Crippen LogP contribution in [-0.2, 0) is 33.3 Å². The standard InChI is InChI=1S/C28H17F6N3O4S3/c29-27(30,31)13-4-1-6-15(10-13)35-18(38)12-36-25-22(44-26(36)41)19(17-8-3-9-42-17)20-21(43-25)24(40)37(23(20)39)16-7-2-5-14(11-16)28(32,33)34/h1-11,19-21H,12H2,(H,35,38)/t19-,20?,21?/m1/s1. The number of thiazole rings is 1. The molecule has 0 bridgehead atoms. The molecule has 1 N–H and O–H groups in total. The lowest BCUT2D eigenvalue weighted by atomic mass is 9.87. The van der Waals surface area contributed by atoms with E-state index in [0.29, 0.717) is 9.75 Å². The van der Waals surface area contributed by atoms with E-state index in [1.54, 1.807) is 17.5 Å². The quantitative estimate of drug-likeness (QED) is 0.195. The van der Waals surface area contributed by atoms with Crippen LogP contribution in [0.3, 0.4) is 0 Å². The Labute approximate surface area is 256 Å². The van der Waals surface area contributed by atoms with Crippen LogP contribution in [0.15, 0.2) is 75.9 Å². The molecule has 6 rings (SSSR count). The minimum Gasteiger partial charge on any atom is -0.325 e. The topological polar surface area (TPSA) is 88.5 Å². The average Bonchev–Trinajstić information content (AvgIpc) is 3.65. The molecule has 2 aromatic heterocycles. The molecule has 3 amide bonds. The van der Waals surface area contributed by atoms with Gasteiger partial charge in [-0.25, -0.2) is 4.90 Å². The molecule has 7 nitrogen and oxygen atoms in total. The number of anilines is 2. The number of amides is 3. The van der Waals surface area contributed by atoms with Crippen molar-refractivity contribution >= 4 is 63.5 Å². The molecule has 0 radical (unpaired) electrons. The first-order valence-electron chi connectivity index (χ1n) is 12.7. The molecule has 16 heteroatoms. The predicted octanol–water partition coefficient (Wildman–Crippen LogP) is 6.44. The minimum absolute atomic E-state index is 0.139. The van der Waals surface area contributed by atoms with Gasteiger partial charge in [-0.2, -0.15) is 26.3 Å². The number of halogens is 6. The zero-order valence-electron chi connectivity index (χ0n) is 21.8. The third-order valence-electron chi connectivity index (χ3n) is 7.11. The Bertz CT molecular complexity index is 1850. The van der Waals surface area contributed by atoms with Crippen LogP contribution in [0, 0.1) is 5.92 Å². The molecule has 0 aliphatic carbocycles. The van der Waals surface area contributed by atoms with Crippen molar-refractivity contribution in [2.75, 3.05) is 10.2 Å². The molecule has 0 saturated carbocycles. The number of imide groups is 1. The number of nitrogens with zero attached hydrogens (tertiary/aromatic N) is 2. The van der Waals surface area contributed by atoms with E-state index in [-0.39, 0.29) is 16.4 Å². The van der Waals surface area contributed by atoms with Crippen LogP contribution in [-0.4, -0.2) is 27.5 Å². The maximum absolute atomic E-state index is 13.8. The summed E-state index contributed by atoms with van der Waals surface area (Å²) in [7, 11) is 0. The number of fused-ring (bicyclic) bond motifs is 2.